The molecule has 2 heterocycles. The topological polar surface area (TPSA) is 85.0 Å². The summed E-state index contributed by atoms with van der Waals surface area (Å²) in [7, 11) is 0. The lowest BCUT2D eigenvalue weighted by atomic mass is 9.99. The summed E-state index contributed by atoms with van der Waals surface area (Å²) in [5.41, 5.74) is 4.71. The van der Waals surface area contributed by atoms with Crippen LogP contribution in [0.1, 0.15) is 49.8 Å². The number of amidine groups is 2. The van der Waals surface area contributed by atoms with Gasteiger partial charge in [-0.05, 0) is 73.2 Å². The maximum atomic E-state index is 13.1. The normalized spacial score (nSPS) is 15.7. The van der Waals surface area contributed by atoms with Crippen LogP contribution in [0.15, 0.2) is 83.0 Å². The van der Waals surface area contributed by atoms with Crippen LogP contribution in [-0.4, -0.2) is 61.1 Å². The Morgan fingerprint density at radius 3 is 2.35 bits per heavy atom. The Labute approximate surface area is 299 Å². The summed E-state index contributed by atoms with van der Waals surface area (Å²) in [6.45, 7) is 7.82. The van der Waals surface area contributed by atoms with E-state index >= 15 is 0 Å². The van der Waals surface area contributed by atoms with E-state index in [2.05, 4.69) is 19.8 Å². The van der Waals surface area contributed by atoms with E-state index in [1.165, 1.54) is 47.0 Å². The van der Waals surface area contributed by atoms with Crippen LogP contribution in [0.5, 0.6) is 5.75 Å². The zero-order valence-corrected chi connectivity index (χ0v) is 29.6. The van der Waals surface area contributed by atoms with Crippen LogP contribution >= 0.6 is 23.5 Å². The molecule has 1 aromatic heterocycles. The monoisotopic (exact) mass is 748 g/mol. The van der Waals surface area contributed by atoms with Crippen molar-refractivity contribution in [2.75, 3.05) is 16.4 Å². The smallest absolute Gasteiger partial charge is 0.406 e. The number of aryl methyl sites for hydroxylation is 1. The fourth-order valence-corrected chi connectivity index (χ4v) is 6.98. The molecule has 0 aliphatic carbocycles. The minimum Gasteiger partial charge on any atom is -0.406 e. The van der Waals surface area contributed by atoms with Gasteiger partial charge in [0.05, 0.1) is 29.6 Å². The second-order valence-corrected chi connectivity index (χ2v) is 14.1. The predicted octanol–water partition coefficient (Wildman–Crippen LogP) is 9.37. The number of amides is 1. The molecule has 1 aliphatic heterocycles. The first-order chi connectivity index (χ1) is 24.0. The largest absolute Gasteiger partial charge is 0.573 e. The molecule has 8 nitrogen and oxygen atoms in total. The number of anilines is 1. The highest BCUT2D eigenvalue weighted by atomic mass is 32.2. The van der Waals surface area contributed by atoms with E-state index in [0.29, 0.717) is 34.4 Å². The van der Waals surface area contributed by atoms with E-state index < -0.39 is 19.0 Å². The van der Waals surface area contributed by atoms with Crippen LogP contribution in [0.2, 0.25) is 0 Å². The fraction of sp³-hybridized carbons (Fsp3) is 0.343. The van der Waals surface area contributed by atoms with E-state index in [-0.39, 0.29) is 40.3 Å². The van der Waals surface area contributed by atoms with E-state index in [1.807, 2.05) is 70.2 Å². The molecule has 3 aromatic carbocycles. The molecular weight excluding hydrogens is 715 g/mol. The molecule has 0 unspecified atom stereocenters. The molecule has 51 heavy (non-hydrogen) atoms. The molecule has 5 rings (SSSR count). The second-order valence-electron chi connectivity index (χ2n) is 12.1. The van der Waals surface area contributed by atoms with Gasteiger partial charge in [-0.3, -0.25) is 14.7 Å². The minimum atomic E-state index is -4.79. The standard InChI is InChI=1S/C35H34F6N6O2S2/c1-21(2)28-14-5-22(3)17-29(28)47-30(48)19-51-33(47)44-32(50-16-15-34(36,37)38)43-23(4)18-24-6-8-25(9-7-24)31-42-20-46(45-31)26-10-12-27(13-11-26)49-35(39,40)41/h5-14,17,20-21,23H,15-16,18-19H2,1-4H3/b43-32-,44-33-/t23-/m0/s1. The molecule has 0 radical (unpaired) electrons. The number of thioether (sulfide) groups is 2. The number of carbonyl (C=O) groups excluding carboxylic acids is 1. The van der Waals surface area contributed by atoms with Crippen LogP contribution in [0.25, 0.3) is 17.1 Å². The third kappa shape index (κ3) is 10.6. The number of alkyl halides is 6. The van der Waals surface area contributed by atoms with Gasteiger partial charge >= 0.3 is 12.5 Å². The fourth-order valence-electron chi connectivity index (χ4n) is 5.14. The van der Waals surface area contributed by atoms with E-state index in [9.17, 15) is 31.1 Å². The number of hydrogen-bond acceptors (Lipinski definition) is 7. The lowest BCUT2D eigenvalue weighted by Gasteiger charge is -2.22. The van der Waals surface area contributed by atoms with Gasteiger partial charge in [-0.1, -0.05) is 73.8 Å². The molecule has 1 saturated heterocycles. The summed E-state index contributed by atoms with van der Waals surface area (Å²) >= 11 is 2.14. The van der Waals surface area contributed by atoms with Crippen molar-refractivity contribution in [1.29, 1.82) is 0 Å². The summed E-state index contributed by atoms with van der Waals surface area (Å²) in [6.07, 6.45) is -8.24. The molecule has 0 saturated carbocycles. The Hall–Kier alpha value is -4.31. The second kappa shape index (κ2) is 15.9. The van der Waals surface area contributed by atoms with Gasteiger partial charge in [-0.25, -0.2) is 9.67 Å². The molecule has 270 valence electrons. The highest BCUT2D eigenvalue weighted by molar-refractivity contribution is 8.16. The van der Waals surface area contributed by atoms with E-state index in [1.54, 1.807) is 4.90 Å². The van der Waals surface area contributed by atoms with Gasteiger partial charge in [0.2, 0.25) is 5.91 Å². The Morgan fingerprint density at radius 2 is 1.71 bits per heavy atom. The lowest BCUT2D eigenvalue weighted by molar-refractivity contribution is -0.274. The molecule has 1 atom stereocenters. The zero-order valence-electron chi connectivity index (χ0n) is 28.0. The maximum absolute atomic E-state index is 13.1. The van der Waals surface area contributed by atoms with Crippen molar-refractivity contribution in [2.24, 2.45) is 9.98 Å². The molecular formula is C35H34F6N6O2S2. The van der Waals surface area contributed by atoms with Gasteiger partial charge in [0.15, 0.2) is 16.2 Å². The number of nitrogens with zero attached hydrogens (tertiary/aromatic N) is 6. The van der Waals surface area contributed by atoms with E-state index in [0.717, 1.165) is 28.5 Å². The molecule has 1 fully saturated rings. The first-order valence-corrected chi connectivity index (χ1v) is 17.8. The van der Waals surface area contributed by atoms with Crippen molar-refractivity contribution in [3.8, 4) is 22.8 Å². The van der Waals surface area contributed by atoms with Gasteiger partial charge in [-0.2, -0.15) is 18.2 Å². The van der Waals surface area contributed by atoms with Gasteiger partial charge in [0.25, 0.3) is 0 Å². The van der Waals surface area contributed by atoms with Crippen LogP contribution in [0, 0.1) is 6.92 Å². The van der Waals surface area contributed by atoms with Crippen molar-refractivity contribution >= 4 is 45.5 Å². The quantitative estimate of drug-likeness (QED) is 0.0914. The van der Waals surface area contributed by atoms with Crippen LogP contribution in [0.3, 0.4) is 0 Å². The summed E-state index contributed by atoms with van der Waals surface area (Å²) in [4.78, 5) is 28.3. The summed E-state index contributed by atoms with van der Waals surface area (Å²) < 4.78 is 82.0. The third-order valence-corrected chi connectivity index (χ3v) is 9.31. The number of aromatic nitrogens is 3. The Morgan fingerprint density at radius 1 is 1.00 bits per heavy atom. The van der Waals surface area contributed by atoms with Crippen LogP contribution in [-0.2, 0) is 11.2 Å². The molecule has 1 amide bonds. The van der Waals surface area contributed by atoms with Crippen molar-refractivity contribution < 1.29 is 35.9 Å². The predicted molar refractivity (Wildman–Crippen MR) is 190 cm³/mol. The number of hydrogen-bond donors (Lipinski definition) is 0. The number of halogens is 6. The Kier molecular flexibility index (Phi) is 11.8. The average molecular weight is 749 g/mol. The molecule has 0 N–H and O–H groups in total. The highest BCUT2D eigenvalue weighted by Gasteiger charge is 2.33. The van der Waals surface area contributed by atoms with Crippen LogP contribution in [0.4, 0.5) is 32.0 Å². The van der Waals surface area contributed by atoms with Gasteiger partial charge in [0, 0.05) is 11.3 Å². The number of carbonyl (C=O) groups is 1. The molecule has 0 spiro atoms. The SMILES string of the molecule is Cc1ccc(C(C)C)c(N2C(=O)CS/C2=N\C(=N\[C@@H](C)Cc2ccc(-c3ncn(-c4ccc(OC(F)(F)F)cc4)n3)cc2)SCCC(F)(F)F)c1. The minimum absolute atomic E-state index is 0.120. The van der Waals surface area contributed by atoms with Gasteiger partial charge < -0.3 is 4.74 Å². The van der Waals surface area contributed by atoms with E-state index in [4.69, 9.17) is 4.99 Å². The Bertz CT molecular complexity index is 1890. The van der Waals surface area contributed by atoms with Crippen molar-refractivity contribution in [3.05, 3.63) is 89.7 Å². The summed E-state index contributed by atoms with van der Waals surface area (Å²) in [5, 5.41) is 4.96. The molecule has 16 heteroatoms. The van der Waals surface area contributed by atoms with Crippen molar-refractivity contribution in [2.45, 2.75) is 65.0 Å². The van der Waals surface area contributed by atoms with Gasteiger partial charge in [0.1, 0.15) is 12.1 Å². The Balaban J connectivity index is 1.32. The highest BCUT2D eigenvalue weighted by Crippen LogP contribution is 2.35. The zero-order chi connectivity index (χ0) is 36.9. The number of aliphatic imine (C=N–C) groups is 2. The lowest BCUT2D eigenvalue weighted by Crippen LogP contribution is -2.31. The first-order valence-electron chi connectivity index (χ1n) is 15.8. The van der Waals surface area contributed by atoms with Gasteiger partial charge in [-0.15, -0.1) is 18.3 Å². The first kappa shape index (κ1) is 37.9. The maximum Gasteiger partial charge on any atom is 0.573 e. The number of benzene rings is 3. The number of ether oxygens (including phenoxy) is 1. The summed E-state index contributed by atoms with van der Waals surface area (Å²) in [5.74, 6) is -0.113. The average Bonchev–Trinajstić information content (AvgIpc) is 3.67. The molecule has 1 aliphatic rings. The molecule has 4 aromatic rings. The van der Waals surface area contributed by atoms with Crippen molar-refractivity contribution in [1.82, 2.24) is 14.8 Å². The number of rotatable bonds is 10. The molecule has 0 bridgehead atoms. The van der Waals surface area contributed by atoms with Crippen LogP contribution < -0.4 is 9.64 Å². The van der Waals surface area contributed by atoms with Crippen molar-refractivity contribution in [3.63, 3.8) is 0 Å². The summed E-state index contributed by atoms with van der Waals surface area (Å²) in [6, 6.07) is 18.1. The third-order valence-electron chi connectivity index (χ3n) is 7.52.